The zero-order valence-corrected chi connectivity index (χ0v) is 9.27. The molecule has 2 rings (SSSR count). The normalized spacial score (nSPS) is 10.1. The molecule has 16 heavy (non-hydrogen) atoms. The van der Waals surface area contributed by atoms with Gasteiger partial charge in [-0.25, -0.2) is 9.97 Å². The Bertz CT molecular complexity index is 511. The molecule has 4 heteroatoms. The van der Waals surface area contributed by atoms with E-state index in [1.54, 1.807) is 13.2 Å². The summed E-state index contributed by atoms with van der Waals surface area (Å²) in [6, 6.07) is 7.45. The molecule has 0 aliphatic heterocycles. The average molecular weight is 215 g/mol. The Kier molecular flexibility index (Phi) is 2.72. The van der Waals surface area contributed by atoms with Crippen LogP contribution in [0, 0.1) is 6.92 Å². The Morgan fingerprint density at radius 2 is 2.00 bits per heavy atom. The number of benzene rings is 1. The van der Waals surface area contributed by atoms with Gasteiger partial charge in [-0.15, -0.1) is 0 Å². The maximum absolute atomic E-state index is 5.94. The number of nitrogens with two attached hydrogens (primary N) is 1. The van der Waals surface area contributed by atoms with Crippen LogP contribution in [0.2, 0.25) is 0 Å². The minimum Gasteiger partial charge on any atom is -0.497 e. The largest absolute Gasteiger partial charge is 0.497 e. The topological polar surface area (TPSA) is 61.0 Å². The van der Waals surface area contributed by atoms with E-state index < -0.39 is 0 Å². The van der Waals surface area contributed by atoms with E-state index in [4.69, 9.17) is 10.5 Å². The first-order valence-corrected chi connectivity index (χ1v) is 4.93. The van der Waals surface area contributed by atoms with Crippen LogP contribution in [-0.4, -0.2) is 17.1 Å². The quantitative estimate of drug-likeness (QED) is 0.779. The van der Waals surface area contributed by atoms with Crippen LogP contribution in [0.3, 0.4) is 0 Å². The van der Waals surface area contributed by atoms with Gasteiger partial charge in [-0.1, -0.05) is 0 Å². The van der Waals surface area contributed by atoms with Gasteiger partial charge in [0.15, 0.2) is 0 Å². The molecule has 0 bridgehead atoms. The molecule has 2 aromatic rings. The molecule has 1 aromatic carbocycles. The molecule has 0 saturated heterocycles. The summed E-state index contributed by atoms with van der Waals surface area (Å²) in [7, 11) is 1.61. The highest BCUT2D eigenvalue weighted by molar-refractivity contribution is 5.74. The third-order valence-corrected chi connectivity index (χ3v) is 2.34. The molecule has 0 fully saturated rings. The number of nitrogen functional groups attached to an aromatic ring is 1. The van der Waals surface area contributed by atoms with Gasteiger partial charge < -0.3 is 10.5 Å². The van der Waals surface area contributed by atoms with Crippen LogP contribution >= 0.6 is 0 Å². The Morgan fingerprint density at radius 3 is 2.62 bits per heavy atom. The van der Waals surface area contributed by atoms with E-state index in [2.05, 4.69) is 9.97 Å². The summed E-state index contributed by atoms with van der Waals surface area (Å²) < 4.78 is 5.10. The van der Waals surface area contributed by atoms with Gasteiger partial charge in [0, 0.05) is 23.0 Å². The predicted molar refractivity (Wildman–Crippen MR) is 63.2 cm³/mol. The molecule has 0 saturated carbocycles. The second-order valence-electron chi connectivity index (χ2n) is 3.50. The van der Waals surface area contributed by atoms with Gasteiger partial charge in [-0.05, 0) is 25.1 Å². The lowest BCUT2D eigenvalue weighted by molar-refractivity contribution is 0.415. The van der Waals surface area contributed by atoms with Crippen LogP contribution in [0.1, 0.15) is 5.69 Å². The number of hydrogen-bond donors (Lipinski definition) is 1. The first-order valence-electron chi connectivity index (χ1n) is 4.93. The zero-order chi connectivity index (χ0) is 11.5. The summed E-state index contributed by atoms with van der Waals surface area (Å²) in [4.78, 5) is 8.25. The molecular formula is C12H13N3O. The van der Waals surface area contributed by atoms with Gasteiger partial charge in [-0.3, -0.25) is 0 Å². The molecule has 82 valence electrons. The number of methoxy groups -OCH3 is 1. The number of anilines is 1. The molecule has 1 aromatic heterocycles. The Labute approximate surface area is 94.1 Å². The number of aryl methyl sites for hydroxylation is 1. The summed E-state index contributed by atoms with van der Waals surface area (Å²) in [5.74, 6) is 0.743. The fourth-order valence-electron chi connectivity index (χ4n) is 1.50. The maximum atomic E-state index is 5.94. The number of aromatic nitrogens is 2. The summed E-state index contributed by atoms with van der Waals surface area (Å²) in [5, 5.41) is 0. The minimum atomic E-state index is 0.650. The lowest BCUT2D eigenvalue weighted by Crippen LogP contribution is -1.94. The van der Waals surface area contributed by atoms with Crippen molar-refractivity contribution in [2.45, 2.75) is 6.92 Å². The average Bonchev–Trinajstić information content (AvgIpc) is 2.28. The predicted octanol–water partition coefficient (Wildman–Crippen LogP) is 2.04. The van der Waals surface area contributed by atoms with Crippen molar-refractivity contribution in [2.24, 2.45) is 0 Å². The van der Waals surface area contributed by atoms with Crippen LogP contribution in [0.25, 0.3) is 11.3 Å². The molecule has 0 spiro atoms. The monoisotopic (exact) mass is 215 g/mol. The molecule has 0 aliphatic rings. The van der Waals surface area contributed by atoms with E-state index in [0.717, 1.165) is 22.7 Å². The minimum absolute atomic E-state index is 0.650. The number of hydrogen-bond acceptors (Lipinski definition) is 4. The Balaban J connectivity index is 2.48. The van der Waals surface area contributed by atoms with Gasteiger partial charge in [0.1, 0.15) is 12.1 Å². The van der Waals surface area contributed by atoms with E-state index in [1.807, 2.05) is 25.1 Å². The lowest BCUT2D eigenvalue weighted by atomic mass is 10.1. The molecule has 0 atom stereocenters. The van der Waals surface area contributed by atoms with Crippen molar-refractivity contribution < 1.29 is 4.74 Å². The van der Waals surface area contributed by atoms with Gasteiger partial charge in [0.25, 0.3) is 0 Å². The van der Waals surface area contributed by atoms with Crippen molar-refractivity contribution in [3.05, 3.63) is 36.3 Å². The van der Waals surface area contributed by atoms with Crippen molar-refractivity contribution in [2.75, 3.05) is 12.8 Å². The second-order valence-corrected chi connectivity index (χ2v) is 3.50. The molecular weight excluding hydrogens is 202 g/mol. The highest BCUT2D eigenvalue weighted by Gasteiger charge is 2.05. The zero-order valence-electron chi connectivity index (χ0n) is 9.27. The summed E-state index contributed by atoms with van der Waals surface area (Å²) in [6.45, 7) is 1.92. The van der Waals surface area contributed by atoms with Crippen LogP contribution in [-0.2, 0) is 0 Å². The molecule has 1 heterocycles. The molecule has 0 amide bonds. The van der Waals surface area contributed by atoms with Crippen molar-refractivity contribution in [3.8, 4) is 17.0 Å². The van der Waals surface area contributed by atoms with E-state index in [9.17, 15) is 0 Å². The summed E-state index contributed by atoms with van der Waals surface area (Å²) in [5.41, 5.74) is 9.23. The highest BCUT2D eigenvalue weighted by Crippen LogP contribution is 2.27. The molecule has 0 unspecified atom stereocenters. The third kappa shape index (κ3) is 1.95. The lowest BCUT2D eigenvalue weighted by Gasteiger charge is -2.07. The van der Waals surface area contributed by atoms with E-state index in [0.29, 0.717) is 5.69 Å². The van der Waals surface area contributed by atoms with Crippen molar-refractivity contribution in [1.29, 1.82) is 0 Å². The van der Waals surface area contributed by atoms with Crippen LogP contribution < -0.4 is 10.5 Å². The van der Waals surface area contributed by atoms with E-state index in [-0.39, 0.29) is 0 Å². The van der Waals surface area contributed by atoms with E-state index in [1.165, 1.54) is 6.33 Å². The van der Waals surface area contributed by atoms with Crippen molar-refractivity contribution in [3.63, 3.8) is 0 Å². The first-order chi connectivity index (χ1) is 7.70. The standard InChI is InChI=1S/C12H13N3O/c1-8-5-12(15-7-14-8)10-4-3-9(16-2)6-11(10)13/h3-7H,13H2,1-2H3. The molecule has 4 nitrogen and oxygen atoms in total. The smallest absolute Gasteiger partial charge is 0.120 e. The number of rotatable bonds is 2. The number of nitrogens with zero attached hydrogens (tertiary/aromatic N) is 2. The van der Waals surface area contributed by atoms with Crippen molar-refractivity contribution >= 4 is 5.69 Å². The van der Waals surface area contributed by atoms with E-state index >= 15 is 0 Å². The second kappa shape index (κ2) is 4.18. The third-order valence-electron chi connectivity index (χ3n) is 2.34. The van der Waals surface area contributed by atoms with Gasteiger partial charge >= 0.3 is 0 Å². The molecule has 0 aliphatic carbocycles. The van der Waals surface area contributed by atoms with Crippen LogP contribution in [0.4, 0.5) is 5.69 Å². The highest BCUT2D eigenvalue weighted by atomic mass is 16.5. The molecule has 2 N–H and O–H groups in total. The fraction of sp³-hybridized carbons (Fsp3) is 0.167. The number of ether oxygens (including phenoxy) is 1. The Hall–Kier alpha value is -2.10. The summed E-state index contributed by atoms with van der Waals surface area (Å²) >= 11 is 0. The first kappa shape index (κ1) is 10.4. The fourth-order valence-corrected chi connectivity index (χ4v) is 1.50. The van der Waals surface area contributed by atoms with Gasteiger partial charge in [0.05, 0.1) is 12.8 Å². The van der Waals surface area contributed by atoms with Gasteiger partial charge in [-0.2, -0.15) is 0 Å². The summed E-state index contributed by atoms with van der Waals surface area (Å²) in [6.07, 6.45) is 1.54. The maximum Gasteiger partial charge on any atom is 0.120 e. The van der Waals surface area contributed by atoms with Crippen molar-refractivity contribution in [1.82, 2.24) is 9.97 Å². The van der Waals surface area contributed by atoms with Crippen LogP contribution in [0.5, 0.6) is 5.75 Å². The van der Waals surface area contributed by atoms with Crippen LogP contribution in [0.15, 0.2) is 30.6 Å². The molecule has 0 radical (unpaired) electrons. The van der Waals surface area contributed by atoms with Gasteiger partial charge in [0.2, 0.25) is 0 Å². The Morgan fingerprint density at radius 1 is 1.19 bits per heavy atom. The SMILES string of the molecule is COc1ccc(-c2cc(C)ncn2)c(N)c1.